The molecule has 78 valence electrons. The summed E-state index contributed by atoms with van der Waals surface area (Å²) in [6.07, 6.45) is 3.58. The zero-order chi connectivity index (χ0) is 9.90. The van der Waals surface area contributed by atoms with Gasteiger partial charge in [-0.25, -0.2) is 0 Å². The van der Waals surface area contributed by atoms with Gasteiger partial charge in [0.1, 0.15) is 0 Å². The molecule has 13 heavy (non-hydrogen) atoms. The van der Waals surface area contributed by atoms with E-state index in [1.165, 1.54) is 19.3 Å². The van der Waals surface area contributed by atoms with Crippen LogP contribution in [-0.4, -0.2) is 26.6 Å². The van der Waals surface area contributed by atoms with Crippen molar-refractivity contribution in [2.24, 2.45) is 11.5 Å². The summed E-state index contributed by atoms with van der Waals surface area (Å²) in [6.45, 7) is 5.59. The van der Waals surface area contributed by atoms with Crippen LogP contribution in [0.3, 0.4) is 0 Å². The molecule has 1 rings (SSSR count). The van der Waals surface area contributed by atoms with E-state index in [9.17, 15) is 0 Å². The number of ether oxygens (including phenoxy) is 1. The average molecular weight is 202 g/mol. The minimum atomic E-state index is -1.34. The molecule has 1 aliphatic rings. The smallest absolute Gasteiger partial charge is 0.0843 e. The van der Waals surface area contributed by atoms with Crippen LogP contribution in [0.1, 0.15) is 19.3 Å². The van der Waals surface area contributed by atoms with Gasteiger partial charge >= 0.3 is 0 Å². The summed E-state index contributed by atoms with van der Waals surface area (Å²) < 4.78 is 5.79. The normalized spacial score (nSPS) is 25.2. The lowest BCUT2D eigenvalue weighted by Crippen LogP contribution is -2.50. The summed E-state index contributed by atoms with van der Waals surface area (Å²) in [5, 5.41) is 0. The quantitative estimate of drug-likeness (QED) is 0.531. The highest BCUT2D eigenvalue weighted by molar-refractivity contribution is 6.78. The summed E-state index contributed by atoms with van der Waals surface area (Å²) in [4.78, 5) is 0. The molecule has 0 radical (unpaired) electrons. The van der Waals surface area contributed by atoms with Gasteiger partial charge < -0.3 is 16.2 Å². The molecule has 0 aromatic heterocycles. The first-order chi connectivity index (χ1) is 6.02. The molecular formula is C9H22N2OSi. The van der Waals surface area contributed by atoms with Crippen molar-refractivity contribution in [1.29, 1.82) is 0 Å². The van der Waals surface area contributed by atoms with E-state index in [-0.39, 0.29) is 6.17 Å². The fourth-order valence-electron chi connectivity index (χ4n) is 2.10. The van der Waals surface area contributed by atoms with Gasteiger partial charge in [-0.3, -0.25) is 0 Å². The Bertz CT molecular complexity index is 156. The second-order valence-electron chi connectivity index (χ2n) is 4.71. The Morgan fingerprint density at radius 2 is 2.08 bits per heavy atom. The zero-order valence-corrected chi connectivity index (χ0v) is 9.75. The minimum Gasteiger partial charge on any atom is -0.382 e. The molecule has 1 atom stereocenters. The first kappa shape index (κ1) is 11.2. The van der Waals surface area contributed by atoms with Crippen LogP contribution in [0.25, 0.3) is 0 Å². The molecule has 0 amide bonds. The van der Waals surface area contributed by atoms with Gasteiger partial charge in [-0.15, -0.1) is 0 Å². The van der Waals surface area contributed by atoms with E-state index in [0.717, 1.165) is 12.7 Å². The molecule has 1 heterocycles. The van der Waals surface area contributed by atoms with Crippen LogP contribution in [0, 0.1) is 0 Å². The van der Waals surface area contributed by atoms with E-state index in [1.54, 1.807) is 0 Å². The second-order valence-corrected chi connectivity index (χ2v) is 9.74. The Morgan fingerprint density at radius 3 is 2.54 bits per heavy atom. The predicted octanol–water partition coefficient (Wildman–Crippen LogP) is 1.05. The van der Waals surface area contributed by atoms with Gasteiger partial charge in [0.05, 0.1) is 8.07 Å². The Kier molecular flexibility index (Phi) is 3.91. The lowest BCUT2D eigenvalue weighted by molar-refractivity contribution is 0.0596. The van der Waals surface area contributed by atoms with Crippen LogP contribution >= 0.6 is 0 Å². The second kappa shape index (κ2) is 4.55. The van der Waals surface area contributed by atoms with Crippen molar-refractivity contribution in [3.8, 4) is 0 Å². The standard InChI is InChI=1S/C9H22N2OSi/c1-13(2,7-8(10)11)9-5-3-4-6-12-9/h8-9H,3-7,10-11H2,1-2H3. The molecule has 1 aliphatic heterocycles. The van der Waals surface area contributed by atoms with Crippen molar-refractivity contribution < 1.29 is 4.74 Å². The molecule has 0 aromatic carbocycles. The summed E-state index contributed by atoms with van der Waals surface area (Å²) >= 11 is 0. The third-order valence-electron chi connectivity index (χ3n) is 2.81. The molecule has 0 bridgehead atoms. The van der Waals surface area contributed by atoms with E-state index in [1.807, 2.05) is 0 Å². The maximum Gasteiger partial charge on any atom is 0.0843 e. The highest BCUT2D eigenvalue weighted by atomic mass is 28.3. The predicted molar refractivity (Wildman–Crippen MR) is 58.0 cm³/mol. The number of hydrogen-bond donors (Lipinski definition) is 2. The summed E-state index contributed by atoms with van der Waals surface area (Å²) in [7, 11) is -1.34. The van der Waals surface area contributed by atoms with Crippen LogP contribution in [0.4, 0.5) is 0 Å². The molecule has 1 fully saturated rings. The van der Waals surface area contributed by atoms with Crippen molar-refractivity contribution >= 4 is 8.07 Å². The van der Waals surface area contributed by atoms with E-state index in [0.29, 0.717) is 5.73 Å². The van der Waals surface area contributed by atoms with Gasteiger partial charge in [-0.2, -0.15) is 0 Å². The fraction of sp³-hybridized carbons (Fsp3) is 1.00. The first-order valence-corrected chi connectivity index (χ1v) is 8.43. The van der Waals surface area contributed by atoms with Crippen LogP contribution in [0.15, 0.2) is 0 Å². The summed E-state index contributed by atoms with van der Waals surface area (Å²) in [6, 6.07) is 0.970. The fourth-order valence-corrected chi connectivity index (χ4v) is 5.13. The summed E-state index contributed by atoms with van der Waals surface area (Å²) in [5.41, 5.74) is 11.8. The van der Waals surface area contributed by atoms with Crippen molar-refractivity contribution in [2.45, 2.75) is 50.3 Å². The SMILES string of the molecule is C[Si](C)(CC(N)N)C1CCCCO1. The molecule has 4 heteroatoms. The number of rotatable bonds is 3. The van der Waals surface area contributed by atoms with Crippen molar-refractivity contribution in [3.05, 3.63) is 0 Å². The van der Waals surface area contributed by atoms with Crippen LogP contribution in [0.5, 0.6) is 0 Å². The van der Waals surface area contributed by atoms with E-state index in [4.69, 9.17) is 16.2 Å². The van der Waals surface area contributed by atoms with Crippen LogP contribution < -0.4 is 11.5 Å². The van der Waals surface area contributed by atoms with Gasteiger partial charge in [0.15, 0.2) is 0 Å². The largest absolute Gasteiger partial charge is 0.382 e. The summed E-state index contributed by atoms with van der Waals surface area (Å²) in [5.74, 6) is 0. The van der Waals surface area contributed by atoms with E-state index < -0.39 is 8.07 Å². The Labute approximate surface area is 81.8 Å². The Morgan fingerprint density at radius 1 is 1.38 bits per heavy atom. The van der Waals surface area contributed by atoms with E-state index in [2.05, 4.69) is 13.1 Å². The minimum absolute atomic E-state index is 0.160. The third kappa shape index (κ3) is 3.38. The Balaban J connectivity index is 2.45. The zero-order valence-electron chi connectivity index (χ0n) is 8.75. The average Bonchev–Trinajstić information content (AvgIpc) is 2.04. The van der Waals surface area contributed by atoms with Gasteiger partial charge in [0, 0.05) is 18.5 Å². The van der Waals surface area contributed by atoms with Crippen molar-refractivity contribution in [3.63, 3.8) is 0 Å². The lowest BCUT2D eigenvalue weighted by Gasteiger charge is -2.36. The first-order valence-electron chi connectivity index (χ1n) is 5.15. The van der Waals surface area contributed by atoms with E-state index >= 15 is 0 Å². The van der Waals surface area contributed by atoms with Gasteiger partial charge in [-0.1, -0.05) is 13.1 Å². The molecule has 0 spiro atoms. The molecule has 4 N–H and O–H groups in total. The van der Waals surface area contributed by atoms with Crippen molar-refractivity contribution in [2.75, 3.05) is 6.61 Å². The molecule has 1 saturated heterocycles. The lowest BCUT2D eigenvalue weighted by atomic mass is 10.2. The van der Waals surface area contributed by atoms with Crippen LogP contribution in [0.2, 0.25) is 19.1 Å². The molecule has 0 aliphatic carbocycles. The van der Waals surface area contributed by atoms with Gasteiger partial charge in [0.2, 0.25) is 0 Å². The topological polar surface area (TPSA) is 61.3 Å². The molecule has 0 saturated carbocycles. The van der Waals surface area contributed by atoms with Crippen LogP contribution in [-0.2, 0) is 4.74 Å². The molecule has 3 nitrogen and oxygen atoms in total. The Hall–Kier alpha value is 0.0969. The van der Waals surface area contributed by atoms with Crippen molar-refractivity contribution in [1.82, 2.24) is 0 Å². The monoisotopic (exact) mass is 202 g/mol. The van der Waals surface area contributed by atoms with Gasteiger partial charge in [0.25, 0.3) is 0 Å². The maximum absolute atomic E-state index is 5.79. The number of hydrogen-bond acceptors (Lipinski definition) is 3. The highest BCUT2D eigenvalue weighted by Gasteiger charge is 2.34. The maximum atomic E-state index is 5.79. The van der Waals surface area contributed by atoms with Gasteiger partial charge in [-0.05, 0) is 25.3 Å². The third-order valence-corrected chi connectivity index (χ3v) is 6.54. The molecule has 0 aromatic rings. The molecule has 1 unspecified atom stereocenters. The molecular weight excluding hydrogens is 180 g/mol. The highest BCUT2D eigenvalue weighted by Crippen LogP contribution is 2.25. The number of nitrogens with two attached hydrogens (primary N) is 2.